The number of fused-ring (bicyclic) bond motifs is 1. The summed E-state index contributed by atoms with van der Waals surface area (Å²) in [6.07, 6.45) is -7.88. The van der Waals surface area contributed by atoms with E-state index in [0.717, 1.165) is 31.9 Å². The number of hydrogen-bond donors (Lipinski definition) is 3. The van der Waals surface area contributed by atoms with E-state index in [1.807, 2.05) is 18.2 Å². The third-order valence-electron chi connectivity index (χ3n) is 5.77. The van der Waals surface area contributed by atoms with Crippen LogP contribution in [0.1, 0.15) is 17.7 Å². The Hall–Kier alpha value is -3.24. The van der Waals surface area contributed by atoms with Gasteiger partial charge in [0.25, 0.3) is 0 Å². The summed E-state index contributed by atoms with van der Waals surface area (Å²) in [7, 11) is 0. The minimum atomic E-state index is -5.08. The zero-order chi connectivity index (χ0) is 29.3. The van der Waals surface area contributed by atoms with Crippen LogP contribution < -0.4 is 5.32 Å². The summed E-state index contributed by atoms with van der Waals surface area (Å²) < 4.78 is 69.2. The normalized spacial score (nSPS) is 20.6. The van der Waals surface area contributed by atoms with Gasteiger partial charge in [-0.15, -0.1) is 0 Å². The smallest absolute Gasteiger partial charge is 0.475 e. The second-order valence-corrected chi connectivity index (χ2v) is 9.54. The van der Waals surface area contributed by atoms with Gasteiger partial charge in [0.15, 0.2) is 0 Å². The summed E-state index contributed by atoms with van der Waals surface area (Å²) in [5.41, 5.74) is 2.21. The molecular weight excluding hydrogens is 560 g/mol. The van der Waals surface area contributed by atoms with Gasteiger partial charge in [-0.25, -0.2) is 9.59 Å². The number of aliphatic carboxylic acids is 2. The molecule has 2 aromatic heterocycles. The summed E-state index contributed by atoms with van der Waals surface area (Å²) in [4.78, 5) is 37.0. The zero-order valence-electron chi connectivity index (χ0n) is 20.2. The molecule has 0 unspecified atom stereocenters. The molecule has 0 spiro atoms. The van der Waals surface area contributed by atoms with Crippen LogP contribution in [0, 0.1) is 11.3 Å². The Morgan fingerprint density at radius 3 is 2.26 bits per heavy atom. The second kappa shape index (κ2) is 13.7. The molecule has 1 amide bonds. The first-order chi connectivity index (χ1) is 18.1. The van der Waals surface area contributed by atoms with E-state index in [2.05, 4.69) is 32.0 Å². The van der Waals surface area contributed by atoms with Crippen LogP contribution in [-0.4, -0.2) is 76.6 Å². The van der Waals surface area contributed by atoms with Crippen molar-refractivity contribution in [2.75, 3.05) is 26.3 Å². The summed E-state index contributed by atoms with van der Waals surface area (Å²) in [6.45, 7) is 4.87. The third-order valence-corrected chi connectivity index (χ3v) is 6.50. The predicted molar refractivity (Wildman–Crippen MR) is 124 cm³/mol. The SMILES string of the molecule is O=C(C[C@]12COC[C@H]1CN(Cc1ccsc1)C2)NCc1ccccn1.O=C(O)C(F)(F)F.O=C(O)C(F)(F)F. The molecule has 0 aliphatic carbocycles. The predicted octanol–water partition coefficient (Wildman–Crippen LogP) is 3.56. The first kappa shape index (κ1) is 32.0. The number of nitrogens with one attached hydrogen (secondary N) is 1. The van der Waals surface area contributed by atoms with Gasteiger partial charge in [0.1, 0.15) is 0 Å². The Morgan fingerprint density at radius 1 is 1.10 bits per heavy atom. The van der Waals surface area contributed by atoms with E-state index < -0.39 is 24.3 Å². The van der Waals surface area contributed by atoms with Crippen molar-refractivity contribution in [1.29, 1.82) is 0 Å². The van der Waals surface area contributed by atoms with Gasteiger partial charge in [0.2, 0.25) is 5.91 Å². The summed E-state index contributed by atoms with van der Waals surface area (Å²) in [5.74, 6) is -4.97. The lowest BCUT2D eigenvalue weighted by atomic mass is 9.78. The Balaban J connectivity index is 0.000000317. The Morgan fingerprint density at radius 2 is 1.74 bits per heavy atom. The third kappa shape index (κ3) is 10.4. The van der Waals surface area contributed by atoms with E-state index in [1.54, 1.807) is 17.5 Å². The monoisotopic (exact) mass is 585 g/mol. The number of aromatic nitrogens is 1. The van der Waals surface area contributed by atoms with Crippen LogP contribution in [0.5, 0.6) is 0 Å². The van der Waals surface area contributed by atoms with E-state index in [1.165, 1.54) is 5.56 Å². The highest BCUT2D eigenvalue weighted by atomic mass is 32.1. The Bertz CT molecular complexity index is 1060. The van der Waals surface area contributed by atoms with E-state index >= 15 is 0 Å². The van der Waals surface area contributed by atoms with Crippen molar-refractivity contribution < 1.29 is 55.7 Å². The molecule has 16 heteroatoms. The van der Waals surface area contributed by atoms with Crippen LogP contribution in [0.2, 0.25) is 0 Å². The molecule has 0 radical (unpaired) electrons. The number of carboxylic acid groups (broad SMARTS) is 2. The maximum Gasteiger partial charge on any atom is 0.490 e. The van der Waals surface area contributed by atoms with Gasteiger partial charge in [-0.1, -0.05) is 6.07 Å². The number of thiophene rings is 1. The van der Waals surface area contributed by atoms with Crippen molar-refractivity contribution in [1.82, 2.24) is 15.2 Å². The molecule has 9 nitrogen and oxygen atoms in total. The number of halogens is 6. The number of rotatable bonds is 6. The maximum absolute atomic E-state index is 12.5. The molecule has 3 N–H and O–H groups in total. The summed E-state index contributed by atoms with van der Waals surface area (Å²) in [5, 5.41) is 21.6. The lowest BCUT2D eigenvalue weighted by Gasteiger charge is -2.26. The van der Waals surface area contributed by atoms with Gasteiger partial charge in [-0.3, -0.25) is 14.7 Å². The van der Waals surface area contributed by atoms with Gasteiger partial charge < -0.3 is 20.3 Å². The quantitative estimate of drug-likeness (QED) is 0.439. The standard InChI is InChI=1S/C19H23N3O2S.2C2HF3O2/c23-18(21-8-17-3-1-2-5-20-17)7-19-13-22(9-15-4-6-25-12-15)10-16(19)11-24-14-19;2*3-2(4,5)1(6)7/h1-6,12,16H,7-11,13-14H2,(H,21,23);2*(H,6,7)/t16-,19+;;/m1../s1. The minimum Gasteiger partial charge on any atom is -0.475 e. The topological polar surface area (TPSA) is 129 Å². The molecule has 0 aromatic carbocycles. The molecule has 2 aromatic rings. The van der Waals surface area contributed by atoms with Crippen LogP contribution in [0.3, 0.4) is 0 Å². The number of likely N-dealkylation sites (tertiary alicyclic amines) is 1. The number of nitrogens with zero attached hydrogens (tertiary/aromatic N) is 2. The highest BCUT2D eigenvalue weighted by Gasteiger charge is 2.51. The van der Waals surface area contributed by atoms with Crippen LogP contribution in [0.15, 0.2) is 41.2 Å². The van der Waals surface area contributed by atoms with Gasteiger partial charge >= 0.3 is 24.3 Å². The fourth-order valence-electron chi connectivity index (χ4n) is 4.03. The molecule has 4 heterocycles. The number of ether oxygens (including phenoxy) is 1. The fourth-order valence-corrected chi connectivity index (χ4v) is 4.69. The number of pyridine rings is 1. The Kier molecular flexibility index (Phi) is 11.2. The van der Waals surface area contributed by atoms with Crippen LogP contribution in [0.4, 0.5) is 26.3 Å². The molecule has 2 saturated heterocycles. The van der Waals surface area contributed by atoms with Crippen LogP contribution in [0.25, 0.3) is 0 Å². The van der Waals surface area contributed by atoms with Crippen molar-refractivity contribution in [3.05, 3.63) is 52.5 Å². The maximum atomic E-state index is 12.5. The van der Waals surface area contributed by atoms with E-state index in [0.29, 0.717) is 25.5 Å². The van der Waals surface area contributed by atoms with E-state index in [-0.39, 0.29) is 11.3 Å². The molecule has 0 bridgehead atoms. The molecular formula is C23H25F6N3O6S. The van der Waals surface area contributed by atoms with Gasteiger partial charge in [-0.05, 0) is 34.5 Å². The van der Waals surface area contributed by atoms with Crippen molar-refractivity contribution in [2.24, 2.45) is 11.3 Å². The first-order valence-electron chi connectivity index (χ1n) is 11.2. The molecule has 4 rings (SSSR count). The fraction of sp³-hybridized carbons (Fsp3) is 0.478. The van der Waals surface area contributed by atoms with Gasteiger partial charge in [0, 0.05) is 43.6 Å². The molecule has 2 aliphatic heterocycles. The van der Waals surface area contributed by atoms with Crippen molar-refractivity contribution in [3.63, 3.8) is 0 Å². The van der Waals surface area contributed by atoms with E-state index in [4.69, 9.17) is 24.5 Å². The Labute approximate surface area is 222 Å². The largest absolute Gasteiger partial charge is 0.490 e. The lowest BCUT2D eigenvalue weighted by molar-refractivity contribution is -0.193. The number of carboxylic acids is 2. The molecule has 39 heavy (non-hydrogen) atoms. The molecule has 2 atom stereocenters. The lowest BCUT2D eigenvalue weighted by Crippen LogP contribution is -2.37. The molecule has 2 fully saturated rings. The van der Waals surface area contributed by atoms with Crippen molar-refractivity contribution >= 4 is 29.2 Å². The second-order valence-electron chi connectivity index (χ2n) is 8.76. The highest BCUT2D eigenvalue weighted by Crippen LogP contribution is 2.44. The zero-order valence-corrected chi connectivity index (χ0v) is 21.0. The molecule has 0 saturated carbocycles. The molecule has 2 aliphatic rings. The number of carbonyl (C=O) groups excluding carboxylic acids is 1. The number of carbonyl (C=O) groups is 3. The molecule has 216 valence electrons. The highest BCUT2D eigenvalue weighted by molar-refractivity contribution is 7.07. The van der Waals surface area contributed by atoms with E-state index in [9.17, 15) is 31.1 Å². The van der Waals surface area contributed by atoms with Crippen LogP contribution >= 0.6 is 11.3 Å². The number of alkyl halides is 6. The summed E-state index contributed by atoms with van der Waals surface area (Å²) >= 11 is 1.74. The number of amides is 1. The minimum absolute atomic E-state index is 0.0375. The van der Waals surface area contributed by atoms with Gasteiger partial charge in [-0.2, -0.15) is 37.7 Å². The average Bonchev–Trinajstić information content (AvgIpc) is 3.55. The van der Waals surface area contributed by atoms with Gasteiger partial charge in [0.05, 0.1) is 25.5 Å². The first-order valence-corrected chi connectivity index (χ1v) is 12.1. The summed E-state index contributed by atoms with van der Waals surface area (Å²) in [6, 6.07) is 7.93. The average molecular weight is 586 g/mol. The van der Waals surface area contributed by atoms with Crippen LogP contribution in [-0.2, 0) is 32.2 Å². The van der Waals surface area contributed by atoms with Crippen molar-refractivity contribution in [3.8, 4) is 0 Å². The van der Waals surface area contributed by atoms with Crippen molar-refractivity contribution in [2.45, 2.75) is 31.9 Å². The number of hydrogen-bond acceptors (Lipinski definition) is 7.